The molecule has 1 fully saturated rings. The van der Waals surface area contributed by atoms with E-state index < -0.39 is 11.7 Å². The summed E-state index contributed by atoms with van der Waals surface area (Å²) in [4.78, 5) is 13.6. The summed E-state index contributed by atoms with van der Waals surface area (Å²) in [6, 6.07) is 1.75. The third kappa shape index (κ3) is 3.55. The van der Waals surface area contributed by atoms with Crippen molar-refractivity contribution in [2.75, 3.05) is 13.1 Å². The van der Waals surface area contributed by atoms with Crippen LogP contribution in [0.15, 0.2) is 21.2 Å². The molecule has 20 heavy (non-hydrogen) atoms. The largest absolute Gasteiger partial charge is 0.465 e. The number of likely N-dealkylation sites (tertiary alicyclic amines) is 1. The van der Waals surface area contributed by atoms with Gasteiger partial charge in [-0.25, -0.2) is 4.79 Å². The van der Waals surface area contributed by atoms with E-state index in [0.29, 0.717) is 18.8 Å². The van der Waals surface area contributed by atoms with Gasteiger partial charge in [0, 0.05) is 19.0 Å². The summed E-state index contributed by atoms with van der Waals surface area (Å²) in [7, 11) is 0. The summed E-state index contributed by atoms with van der Waals surface area (Å²) in [6.45, 7) is 6.59. The summed E-state index contributed by atoms with van der Waals surface area (Å²) < 4.78 is 11.4. The van der Waals surface area contributed by atoms with Crippen LogP contribution in [0, 0.1) is 5.92 Å². The van der Waals surface area contributed by atoms with Gasteiger partial charge in [-0.3, -0.25) is 0 Å². The minimum Gasteiger partial charge on any atom is -0.465 e. The van der Waals surface area contributed by atoms with Gasteiger partial charge in [-0.2, -0.15) is 0 Å². The highest BCUT2D eigenvalue weighted by atomic mass is 79.9. The number of hydrogen-bond acceptors (Lipinski definition) is 4. The highest BCUT2D eigenvalue weighted by Crippen LogP contribution is 2.34. The lowest BCUT2D eigenvalue weighted by Gasteiger charge is -2.24. The van der Waals surface area contributed by atoms with Crippen molar-refractivity contribution in [3.05, 3.63) is 22.6 Å². The number of carbonyl (C=O) groups is 1. The van der Waals surface area contributed by atoms with Gasteiger partial charge in [0.05, 0.1) is 10.7 Å². The quantitative estimate of drug-likeness (QED) is 0.892. The Kier molecular flexibility index (Phi) is 4.44. The van der Waals surface area contributed by atoms with E-state index in [2.05, 4.69) is 15.9 Å². The van der Waals surface area contributed by atoms with E-state index in [1.54, 1.807) is 11.0 Å². The normalized spacial score (nSPS) is 21.1. The van der Waals surface area contributed by atoms with Crippen molar-refractivity contribution in [1.82, 2.24) is 4.90 Å². The number of carbonyl (C=O) groups excluding carboxylic acids is 1. The zero-order valence-corrected chi connectivity index (χ0v) is 13.5. The van der Waals surface area contributed by atoms with Crippen molar-refractivity contribution >= 4 is 22.0 Å². The molecule has 2 unspecified atom stereocenters. The van der Waals surface area contributed by atoms with Crippen LogP contribution in [0.2, 0.25) is 0 Å². The maximum Gasteiger partial charge on any atom is 0.410 e. The highest BCUT2D eigenvalue weighted by molar-refractivity contribution is 9.10. The average molecular weight is 346 g/mol. The Bertz CT molecular complexity index is 480. The second-order valence-corrected chi connectivity index (χ2v) is 6.91. The maximum absolute atomic E-state index is 12.0. The number of amides is 1. The Balaban J connectivity index is 1.95. The van der Waals surface area contributed by atoms with Crippen molar-refractivity contribution < 1.29 is 19.1 Å². The fourth-order valence-electron chi connectivity index (χ4n) is 2.27. The Hall–Kier alpha value is -1.01. The molecular weight excluding hydrogens is 326 g/mol. The molecule has 1 N–H and O–H groups in total. The number of hydrogen-bond donors (Lipinski definition) is 1. The molecule has 0 radical (unpaired) electrons. The smallest absolute Gasteiger partial charge is 0.410 e. The lowest BCUT2D eigenvalue weighted by atomic mass is 10.00. The molecule has 1 aromatic rings. The minimum atomic E-state index is -0.716. The topological polar surface area (TPSA) is 62.9 Å². The van der Waals surface area contributed by atoms with Gasteiger partial charge >= 0.3 is 6.09 Å². The highest BCUT2D eigenvalue weighted by Gasteiger charge is 2.35. The van der Waals surface area contributed by atoms with Gasteiger partial charge < -0.3 is 19.2 Å². The average Bonchev–Trinajstić information content (AvgIpc) is 2.94. The maximum atomic E-state index is 12.0. The summed E-state index contributed by atoms with van der Waals surface area (Å²) in [5.74, 6) is 0.478. The molecule has 0 bridgehead atoms. The SMILES string of the molecule is CC(C)(C)OC(=O)N1CCC(C(O)c2occc2Br)C1. The van der Waals surface area contributed by atoms with Crippen LogP contribution in [-0.4, -0.2) is 34.8 Å². The Morgan fingerprint density at radius 3 is 2.85 bits per heavy atom. The summed E-state index contributed by atoms with van der Waals surface area (Å²) >= 11 is 3.34. The van der Waals surface area contributed by atoms with Crippen LogP contribution in [0.4, 0.5) is 4.79 Å². The molecule has 1 aromatic heterocycles. The second-order valence-electron chi connectivity index (χ2n) is 6.05. The molecule has 1 saturated heterocycles. The first-order valence-electron chi connectivity index (χ1n) is 6.67. The van der Waals surface area contributed by atoms with Crippen molar-refractivity contribution in [1.29, 1.82) is 0 Å². The first kappa shape index (κ1) is 15.4. The Morgan fingerprint density at radius 1 is 1.60 bits per heavy atom. The molecule has 2 heterocycles. The molecule has 112 valence electrons. The molecule has 1 aliphatic heterocycles. The molecule has 0 saturated carbocycles. The zero-order chi connectivity index (χ0) is 14.9. The molecule has 5 nitrogen and oxygen atoms in total. The van der Waals surface area contributed by atoms with E-state index >= 15 is 0 Å². The molecule has 0 aliphatic carbocycles. The number of furan rings is 1. The number of aliphatic hydroxyl groups is 1. The van der Waals surface area contributed by atoms with E-state index in [-0.39, 0.29) is 12.0 Å². The first-order chi connectivity index (χ1) is 9.28. The van der Waals surface area contributed by atoms with Crippen LogP contribution in [0.3, 0.4) is 0 Å². The van der Waals surface area contributed by atoms with Gasteiger partial charge in [-0.15, -0.1) is 0 Å². The lowest BCUT2D eigenvalue weighted by Crippen LogP contribution is -2.35. The van der Waals surface area contributed by atoms with Crippen LogP contribution in [0.5, 0.6) is 0 Å². The molecule has 6 heteroatoms. The van der Waals surface area contributed by atoms with E-state index in [9.17, 15) is 9.90 Å². The van der Waals surface area contributed by atoms with Gasteiger partial charge in [-0.05, 0) is 49.2 Å². The molecule has 0 spiro atoms. The molecular formula is C14H20BrNO4. The summed E-state index contributed by atoms with van der Waals surface area (Å²) in [5, 5.41) is 10.3. The van der Waals surface area contributed by atoms with Gasteiger partial charge in [0.15, 0.2) is 0 Å². The van der Waals surface area contributed by atoms with Crippen molar-refractivity contribution in [2.24, 2.45) is 5.92 Å². The van der Waals surface area contributed by atoms with Gasteiger partial charge in [0.1, 0.15) is 17.5 Å². The standard InChI is InChI=1S/C14H20BrNO4/c1-14(2,3)20-13(18)16-6-4-9(8-16)11(17)12-10(15)5-7-19-12/h5,7,9,11,17H,4,6,8H2,1-3H3. The third-order valence-electron chi connectivity index (χ3n) is 3.24. The molecule has 1 amide bonds. The van der Waals surface area contributed by atoms with Crippen LogP contribution < -0.4 is 0 Å². The van der Waals surface area contributed by atoms with E-state index in [1.807, 2.05) is 20.8 Å². The second kappa shape index (κ2) is 5.77. The van der Waals surface area contributed by atoms with Crippen LogP contribution in [0.25, 0.3) is 0 Å². The van der Waals surface area contributed by atoms with E-state index in [1.165, 1.54) is 6.26 Å². The minimum absolute atomic E-state index is 0.0371. The first-order valence-corrected chi connectivity index (χ1v) is 7.46. The molecule has 2 atom stereocenters. The van der Waals surface area contributed by atoms with Gasteiger partial charge in [0.2, 0.25) is 0 Å². The number of nitrogens with zero attached hydrogens (tertiary/aromatic N) is 1. The number of rotatable bonds is 2. The number of ether oxygens (including phenoxy) is 1. The number of halogens is 1. The monoisotopic (exact) mass is 345 g/mol. The van der Waals surface area contributed by atoms with Crippen LogP contribution in [-0.2, 0) is 4.74 Å². The summed E-state index contributed by atoms with van der Waals surface area (Å²) in [6.07, 6.45) is 1.22. The summed E-state index contributed by atoms with van der Waals surface area (Å²) in [5.41, 5.74) is -0.502. The van der Waals surface area contributed by atoms with Crippen molar-refractivity contribution in [2.45, 2.75) is 38.9 Å². The predicted octanol–water partition coefficient (Wildman–Crippen LogP) is 3.33. The fraction of sp³-hybridized carbons (Fsp3) is 0.643. The van der Waals surface area contributed by atoms with Gasteiger partial charge in [0.25, 0.3) is 0 Å². The molecule has 1 aliphatic rings. The molecule has 2 rings (SSSR count). The fourth-order valence-corrected chi connectivity index (χ4v) is 2.70. The van der Waals surface area contributed by atoms with Gasteiger partial charge in [-0.1, -0.05) is 0 Å². The van der Waals surface area contributed by atoms with Crippen molar-refractivity contribution in [3.8, 4) is 0 Å². The van der Waals surface area contributed by atoms with Crippen molar-refractivity contribution in [3.63, 3.8) is 0 Å². The van der Waals surface area contributed by atoms with E-state index in [0.717, 1.165) is 10.9 Å². The third-order valence-corrected chi connectivity index (χ3v) is 3.89. The Labute approximate surface area is 127 Å². The Morgan fingerprint density at radius 2 is 2.30 bits per heavy atom. The van der Waals surface area contributed by atoms with Crippen LogP contribution >= 0.6 is 15.9 Å². The van der Waals surface area contributed by atoms with Crippen LogP contribution in [0.1, 0.15) is 39.1 Å². The number of aliphatic hydroxyl groups excluding tert-OH is 1. The predicted molar refractivity (Wildman–Crippen MR) is 77.3 cm³/mol. The molecule has 0 aromatic carbocycles. The van der Waals surface area contributed by atoms with E-state index in [4.69, 9.17) is 9.15 Å². The zero-order valence-electron chi connectivity index (χ0n) is 11.9. The lowest BCUT2D eigenvalue weighted by molar-refractivity contribution is 0.0260.